The second-order valence-electron chi connectivity index (χ2n) is 6.26. The third-order valence-corrected chi connectivity index (χ3v) is 4.54. The van der Waals surface area contributed by atoms with E-state index in [0.717, 1.165) is 5.56 Å². The molecule has 0 N–H and O–H groups in total. The summed E-state index contributed by atoms with van der Waals surface area (Å²) < 4.78 is 5.34. The first kappa shape index (κ1) is 20.8. The molecular formula is C20H17ClNaO4+. The van der Waals surface area contributed by atoms with Crippen molar-refractivity contribution in [3.05, 3.63) is 64.7 Å². The Labute approximate surface area is 179 Å². The van der Waals surface area contributed by atoms with Crippen molar-refractivity contribution in [2.24, 2.45) is 11.8 Å². The van der Waals surface area contributed by atoms with Gasteiger partial charge in [-0.3, -0.25) is 9.59 Å². The normalized spacial score (nSPS) is 16.9. The van der Waals surface area contributed by atoms with Crippen LogP contribution in [-0.4, -0.2) is 17.5 Å². The number of para-hydroxylation sites is 1. The Bertz CT molecular complexity index is 849. The molecule has 128 valence electrons. The topological polar surface area (TPSA) is 60.4 Å². The van der Waals surface area contributed by atoms with Crippen LogP contribution < -0.4 is 34.3 Å². The van der Waals surface area contributed by atoms with Gasteiger partial charge < -0.3 is 9.53 Å². The van der Waals surface area contributed by atoms with E-state index < -0.39 is 17.8 Å². The van der Waals surface area contributed by atoms with Crippen LogP contribution in [0.2, 0.25) is 5.02 Å². The van der Waals surface area contributed by atoms with Crippen molar-refractivity contribution in [1.82, 2.24) is 0 Å². The molecule has 0 fully saturated rings. The molecule has 2 atom stereocenters. The molecule has 0 bridgehead atoms. The van der Waals surface area contributed by atoms with Crippen LogP contribution in [0, 0.1) is 11.8 Å². The van der Waals surface area contributed by atoms with Gasteiger partial charge in [0, 0.05) is 11.4 Å². The fraction of sp³-hybridized carbons (Fsp3) is 0.250. The quantitative estimate of drug-likeness (QED) is 0.335. The summed E-state index contributed by atoms with van der Waals surface area (Å²) in [5, 5.41) is 0.571. The van der Waals surface area contributed by atoms with Gasteiger partial charge in [-0.2, -0.15) is 0 Å². The Hall–Kier alpha value is -1.46. The molecule has 0 aliphatic carbocycles. The van der Waals surface area contributed by atoms with Gasteiger partial charge in [-0.25, -0.2) is 0 Å². The fourth-order valence-electron chi connectivity index (χ4n) is 3.26. The van der Waals surface area contributed by atoms with E-state index in [1.54, 1.807) is 42.5 Å². The average molecular weight is 380 g/mol. The number of halogens is 1. The van der Waals surface area contributed by atoms with E-state index in [4.69, 9.17) is 16.3 Å². The number of carbonyl (C=O) groups is 3. The summed E-state index contributed by atoms with van der Waals surface area (Å²) >= 11 is 6.02. The molecule has 0 spiro atoms. The minimum atomic E-state index is -0.988. The Kier molecular flexibility index (Phi) is 7.18. The van der Waals surface area contributed by atoms with E-state index in [-0.39, 0.29) is 53.3 Å². The summed E-state index contributed by atoms with van der Waals surface area (Å²) in [6.07, 6.45) is 0.522. The first-order valence-electron chi connectivity index (χ1n) is 8.04. The summed E-state index contributed by atoms with van der Waals surface area (Å²) in [6.45, 7) is 1.46. The molecule has 2 aromatic carbocycles. The second kappa shape index (κ2) is 8.96. The minimum absolute atomic E-state index is 0. The third kappa shape index (κ3) is 4.63. The van der Waals surface area contributed by atoms with E-state index in [1.165, 1.54) is 6.92 Å². The number of Topliss-reactive ketones (excluding diaryl/α,β-unsaturated/α-hetero) is 2. The van der Waals surface area contributed by atoms with Crippen LogP contribution in [0.15, 0.2) is 48.5 Å². The molecule has 1 aliphatic heterocycles. The molecule has 3 rings (SSSR count). The maximum atomic E-state index is 12.9. The number of rotatable bonds is 5. The van der Waals surface area contributed by atoms with Gasteiger partial charge in [0.2, 0.25) is 0 Å². The molecule has 0 saturated heterocycles. The molecule has 1 heterocycles. The van der Waals surface area contributed by atoms with Gasteiger partial charge in [0.15, 0.2) is 5.78 Å². The molecular weight excluding hydrogens is 363 g/mol. The summed E-state index contributed by atoms with van der Waals surface area (Å²) in [5.41, 5.74) is 1.25. The van der Waals surface area contributed by atoms with Gasteiger partial charge in [-0.15, -0.1) is 0 Å². The van der Waals surface area contributed by atoms with Crippen molar-refractivity contribution >= 4 is 29.1 Å². The summed E-state index contributed by atoms with van der Waals surface area (Å²) in [5.74, 6) is -2.15. The van der Waals surface area contributed by atoms with Crippen molar-refractivity contribution in [2.45, 2.75) is 19.8 Å². The number of esters is 1. The SMILES string of the molecule is CC(=O)CC(Cc1cccc(Cl)c1)C1C(=O)Oc2ccccc2C1=O.[Na+]. The first-order chi connectivity index (χ1) is 12.0. The molecule has 2 aromatic rings. The van der Waals surface area contributed by atoms with Gasteiger partial charge in [-0.05, 0) is 49.1 Å². The van der Waals surface area contributed by atoms with Crippen LogP contribution in [0.3, 0.4) is 0 Å². The predicted octanol–water partition coefficient (Wildman–Crippen LogP) is 0.900. The van der Waals surface area contributed by atoms with Crippen LogP contribution in [-0.2, 0) is 16.0 Å². The standard InChI is InChI=1S/C20H17ClO4.Na/c1-12(22)9-14(10-13-5-4-6-15(21)11-13)18-19(23)16-7-2-3-8-17(16)25-20(18)24;/h2-8,11,14,18H,9-10H2,1H3;/q;+1. The largest absolute Gasteiger partial charge is 1.00 e. The Balaban J connectivity index is 0.00000243. The molecule has 4 nitrogen and oxygen atoms in total. The van der Waals surface area contributed by atoms with E-state index >= 15 is 0 Å². The van der Waals surface area contributed by atoms with Crippen LogP contribution in [0.1, 0.15) is 29.3 Å². The zero-order valence-electron chi connectivity index (χ0n) is 14.7. The van der Waals surface area contributed by atoms with E-state index in [9.17, 15) is 14.4 Å². The van der Waals surface area contributed by atoms with Gasteiger partial charge in [0.25, 0.3) is 0 Å². The second-order valence-corrected chi connectivity index (χ2v) is 6.70. The maximum absolute atomic E-state index is 12.9. The van der Waals surface area contributed by atoms with Gasteiger partial charge in [0.1, 0.15) is 17.5 Å². The number of hydrogen-bond donors (Lipinski definition) is 0. The average Bonchev–Trinajstić information content (AvgIpc) is 2.54. The monoisotopic (exact) mass is 379 g/mol. The molecule has 6 heteroatoms. The van der Waals surface area contributed by atoms with Gasteiger partial charge >= 0.3 is 35.5 Å². The number of benzene rings is 2. The van der Waals surface area contributed by atoms with Gasteiger partial charge in [0.05, 0.1) is 5.56 Å². The number of ether oxygens (including phenoxy) is 1. The van der Waals surface area contributed by atoms with Crippen molar-refractivity contribution < 1.29 is 48.7 Å². The Morgan fingerprint density at radius 1 is 1.15 bits per heavy atom. The van der Waals surface area contributed by atoms with Crippen LogP contribution in [0.4, 0.5) is 0 Å². The summed E-state index contributed by atoms with van der Waals surface area (Å²) in [6, 6.07) is 13.9. The van der Waals surface area contributed by atoms with E-state index in [0.29, 0.717) is 17.0 Å². The number of fused-ring (bicyclic) bond motifs is 1. The fourth-order valence-corrected chi connectivity index (χ4v) is 3.47. The molecule has 0 radical (unpaired) electrons. The van der Waals surface area contributed by atoms with Gasteiger partial charge in [-0.1, -0.05) is 35.9 Å². The molecule has 0 amide bonds. The van der Waals surface area contributed by atoms with E-state index in [1.807, 2.05) is 6.07 Å². The number of hydrogen-bond acceptors (Lipinski definition) is 4. The summed E-state index contributed by atoms with van der Waals surface area (Å²) in [7, 11) is 0. The zero-order valence-corrected chi connectivity index (χ0v) is 17.5. The van der Waals surface area contributed by atoms with Crippen LogP contribution >= 0.6 is 11.6 Å². The molecule has 0 saturated carbocycles. The number of carbonyl (C=O) groups excluding carboxylic acids is 3. The predicted molar refractivity (Wildman–Crippen MR) is 93.8 cm³/mol. The summed E-state index contributed by atoms with van der Waals surface area (Å²) in [4.78, 5) is 37.1. The molecule has 1 aliphatic rings. The Morgan fingerprint density at radius 3 is 2.58 bits per heavy atom. The Morgan fingerprint density at radius 2 is 1.88 bits per heavy atom. The maximum Gasteiger partial charge on any atom is 1.00 e. The van der Waals surface area contributed by atoms with Crippen molar-refractivity contribution in [1.29, 1.82) is 0 Å². The van der Waals surface area contributed by atoms with Crippen LogP contribution in [0.5, 0.6) is 5.75 Å². The zero-order chi connectivity index (χ0) is 18.0. The molecule has 26 heavy (non-hydrogen) atoms. The van der Waals surface area contributed by atoms with E-state index in [2.05, 4.69) is 0 Å². The van der Waals surface area contributed by atoms with Crippen molar-refractivity contribution in [3.63, 3.8) is 0 Å². The van der Waals surface area contributed by atoms with Crippen molar-refractivity contribution in [3.8, 4) is 5.75 Å². The third-order valence-electron chi connectivity index (χ3n) is 4.31. The first-order valence-corrected chi connectivity index (χ1v) is 8.42. The number of ketones is 2. The molecule has 2 unspecified atom stereocenters. The molecule has 0 aromatic heterocycles. The van der Waals surface area contributed by atoms with Crippen molar-refractivity contribution in [2.75, 3.05) is 0 Å². The minimum Gasteiger partial charge on any atom is -0.425 e. The smallest absolute Gasteiger partial charge is 0.425 e. The van der Waals surface area contributed by atoms with Crippen LogP contribution in [0.25, 0.3) is 0 Å².